The summed E-state index contributed by atoms with van der Waals surface area (Å²) in [6.45, 7) is 4.09. The highest BCUT2D eigenvalue weighted by Crippen LogP contribution is 2.32. The van der Waals surface area contributed by atoms with Gasteiger partial charge in [-0.3, -0.25) is 29.1 Å². The van der Waals surface area contributed by atoms with Crippen molar-refractivity contribution in [2.75, 3.05) is 49.2 Å². The second-order valence-electron chi connectivity index (χ2n) is 8.19. The predicted molar refractivity (Wildman–Crippen MR) is 132 cm³/mol. The van der Waals surface area contributed by atoms with Gasteiger partial charge in [-0.15, -0.1) is 0 Å². The monoisotopic (exact) mass is 498 g/mol. The minimum absolute atomic E-state index is 0.191. The fourth-order valence-corrected chi connectivity index (χ4v) is 5.42. The average molecular weight is 499 g/mol. The Balaban J connectivity index is 1.46. The Morgan fingerprint density at radius 2 is 1.85 bits per heavy atom. The van der Waals surface area contributed by atoms with Crippen LogP contribution in [0.2, 0.25) is 5.02 Å². The highest BCUT2D eigenvalue weighted by Gasteiger charge is 2.31. The molecule has 34 heavy (non-hydrogen) atoms. The third-order valence-corrected chi connectivity index (χ3v) is 7.24. The summed E-state index contributed by atoms with van der Waals surface area (Å²) in [7, 11) is 0. The van der Waals surface area contributed by atoms with E-state index in [1.165, 1.54) is 11.3 Å². The lowest BCUT2D eigenvalue weighted by molar-refractivity contribution is -0.121. The van der Waals surface area contributed by atoms with Gasteiger partial charge in [0.05, 0.1) is 29.1 Å². The third-order valence-electron chi connectivity index (χ3n) is 5.96. The van der Waals surface area contributed by atoms with E-state index in [1.54, 1.807) is 35.2 Å². The van der Waals surface area contributed by atoms with E-state index in [9.17, 15) is 14.4 Å². The summed E-state index contributed by atoms with van der Waals surface area (Å²) in [5.74, 6) is -0.733. The molecule has 2 fully saturated rings. The average Bonchev–Trinajstić information content (AvgIpc) is 3.41. The lowest BCUT2D eigenvalue weighted by atomic mass is 10.1. The molecular formula is C24H23ClN4O4S. The number of ether oxygens (including phenoxy) is 1. The van der Waals surface area contributed by atoms with E-state index in [0.29, 0.717) is 47.7 Å². The molecule has 2 aliphatic rings. The van der Waals surface area contributed by atoms with Gasteiger partial charge in [0.1, 0.15) is 0 Å². The Morgan fingerprint density at radius 1 is 1.09 bits per heavy atom. The standard InChI is InChI=1S/C24H23ClN4O4S/c25-17-4-5-19-20(15-17)34-24(26-19)28(9-8-27-10-12-33-13-11-27)23(32)16-2-1-3-18(14-16)29-21(30)6-7-22(29)31/h1-5,14-15H,6-13H2. The maximum absolute atomic E-state index is 13.7. The summed E-state index contributed by atoms with van der Waals surface area (Å²) in [5.41, 5.74) is 1.59. The molecule has 0 spiro atoms. The number of carbonyl (C=O) groups is 3. The topological polar surface area (TPSA) is 83.1 Å². The van der Waals surface area contributed by atoms with E-state index in [1.807, 2.05) is 12.1 Å². The van der Waals surface area contributed by atoms with Crippen LogP contribution >= 0.6 is 22.9 Å². The summed E-state index contributed by atoms with van der Waals surface area (Å²) >= 11 is 7.56. The number of carbonyl (C=O) groups excluding carboxylic acids is 3. The first-order valence-corrected chi connectivity index (χ1v) is 12.3. The van der Waals surface area contributed by atoms with E-state index < -0.39 is 0 Å². The zero-order valence-electron chi connectivity index (χ0n) is 18.4. The highest BCUT2D eigenvalue weighted by atomic mass is 35.5. The lowest BCUT2D eigenvalue weighted by Crippen LogP contribution is -2.43. The van der Waals surface area contributed by atoms with Gasteiger partial charge in [-0.2, -0.15) is 0 Å². The van der Waals surface area contributed by atoms with Gasteiger partial charge in [-0.1, -0.05) is 29.0 Å². The summed E-state index contributed by atoms with van der Waals surface area (Å²) < 4.78 is 6.33. The van der Waals surface area contributed by atoms with Crippen LogP contribution in [0.25, 0.3) is 10.2 Å². The van der Waals surface area contributed by atoms with E-state index >= 15 is 0 Å². The number of rotatable bonds is 6. The Kier molecular flexibility index (Phi) is 6.60. The van der Waals surface area contributed by atoms with Gasteiger partial charge >= 0.3 is 0 Å². The number of nitrogens with zero attached hydrogens (tertiary/aromatic N) is 4. The molecule has 0 N–H and O–H groups in total. The molecule has 0 saturated carbocycles. The molecule has 0 atom stereocenters. The number of thiazole rings is 1. The summed E-state index contributed by atoms with van der Waals surface area (Å²) in [6, 6.07) is 12.1. The number of anilines is 2. The predicted octanol–water partition coefficient (Wildman–Crippen LogP) is 3.58. The Labute approximate surface area is 205 Å². The fourth-order valence-electron chi connectivity index (χ4n) is 4.15. The van der Waals surface area contributed by atoms with Crippen molar-refractivity contribution < 1.29 is 19.1 Å². The van der Waals surface area contributed by atoms with Crippen molar-refractivity contribution in [1.82, 2.24) is 9.88 Å². The van der Waals surface area contributed by atoms with E-state index in [-0.39, 0.29) is 30.6 Å². The largest absolute Gasteiger partial charge is 0.379 e. The lowest BCUT2D eigenvalue weighted by Gasteiger charge is -2.29. The molecule has 1 aromatic heterocycles. The number of morpholine rings is 1. The molecule has 10 heteroatoms. The minimum Gasteiger partial charge on any atom is -0.379 e. The van der Waals surface area contributed by atoms with Crippen LogP contribution in [0.4, 0.5) is 10.8 Å². The Morgan fingerprint density at radius 3 is 2.62 bits per heavy atom. The van der Waals surface area contributed by atoms with Crippen LogP contribution in [0.5, 0.6) is 0 Å². The number of hydrogen-bond donors (Lipinski definition) is 0. The first-order chi connectivity index (χ1) is 16.5. The third kappa shape index (κ3) is 4.69. The number of amides is 3. The van der Waals surface area contributed by atoms with Gasteiger partial charge in [0.2, 0.25) is 11.8 Å². The smallest absolute Gasteiger partial charge is 0.260 e. The first-order valence-electron chi connectivity index (χ1n) is 11.1. The molecule has 5 rings (SSSR count). The number of benzene rings is 2. The van der Waals surface area contributed by atoms with Gasteiger partial charge in [0.15, 0.2) is 5.13 Å². The summed E-state index contributed by atoms with van der Waals surface area (Å²) in [5, 5.41) is 1.19. The Hall–Kier alpha value is -2.85. The van der Waals surface area contributed by atoms with Gasteiger partial charge in [-0.05, 0) is 36.4 Å². The van der Waals surface area contributed by atoms with E-state index in [0.717, 1.165) is 28.2 Å². The van der Waals surface area contributed by atoms with Crippen molar-refractivity contribution >= 4 is 61.7 Å². The quantitative estimate of drug-likeness (QED) is 0.483. The van der Waals surface area contributed by atoms with Crippen LogP contribution < -0.4 is 9.80 Å². The minimum atomic E-state index is -0.248. The van der Waals surface area contributed by atoms with Crippen molar-refractivity contribution in [3.8, 4) is 0 Å². The van der Waals surface area contributed by atoms with E-state index in [4.69, 9.17) is 21.3 Å². The number of hydrogen-bond acceptors (Lipinski definition) is 7. The normalized spacial score (nSPS) is 17.0. The highest BCUT2D eigenvalue weighted by molar-refractivity contribution is 7.22. The van der Waals surface area contributed by atoms with Crippen molar-refractivity contribution in [3.05, 3.63) is 53.1 Å². The van der Waals surface area contributed by atoms with Crippen LogP contribution in [0, 0.1) is 0 Å². The number of halogens is 1. The van der Waals surface area contributed by atoms with E-state index in [2.05, 4.69) is 4.90 Å². The molecule has 176 valence electrons. The zero-order chi connectivity index (χ0) is 23.7. The number of fused-ring (bicyclic) bond motifs is 1. The van der Waals surface area contributed by atoms with Gasteiger partial charge in [0, 0.05) is 49.6 Å². The molecule has 0 aliphatic carbocycles. The molecule has 0 unspecified atom stereocenters. The second kappa shape index (κ2) is 9.79. The fraction of sp³-hybridized carbons (Fsp3) is 0.333. The molecular weight excluding hydrogens is 476 g/mol. The van der Waals surface area contributed by atoms with Crippen molar-refractivity contribution in [1.29, 1.82) is 0 Å². The maximum Gasteiger partial charge on any atom is 0.260 e. The van der Waals surface area contributed by atoms with Crippen molar-refractivity contribution in [2.24, 2.45) is 0 Å². The zero-order valence-corrected chi connectivity index (χ0v) is 20.0. The van der Waals surface area contributed by atoms with Crippen molar-refractivity contribution in [3.63, 3.8) is 0 Å². The molecule has 2 saturated heterocycles. The maximum atomic E-state index is 13.7. The van der Waals surface area contributed by atoms with Crippen LogP contribution in [0.1, 0.15) is 23.2 Å². The Bertz CT molecular complexity index is 1240. The van der Waals surface area contributed by atoms with Crippen LogP contribution in [-0.4, -0.2) is 67.0 Å². The van der Waals surface area contributed by atoms with Crippen LogP contribution in [0.3, 0.4) is 0 Å². The second-order valence-corrected chi connectivity index (χ2v) is 9.64. The van der Waals surface area contributed by atoms with Gasteiger partial charge in [-0.25, -0.2) is 4.98 Å². The molecule has 0 radical (unpaired) electrons. The van der Waals surface area contributed by atoms with Gasteiger partial charge < -0.3 is 4.74 Å². The van der Waals surface area contributed by atoms with Crippen molar-refractivity contribution in [2.45, 2.75) is 12.8 Å². The first kappa shape index (κ1) is 22.9. The summed E-state index contributed by atoms with van der Waals surface area (Å²) in [6.07, 6.45) is 0.383. The molecule has 2 aliphatic heterocycles. The molecule has 2 aromatic carbocycles. The molecule has 3 heterocycles. The summed E-state index contributed by atoms with van der Waals surface area (Å²) in [4.78, 5) is 47.9. The molecule has 3 amide bonds. The molecule has 3 aromatic rings. The van der Waals surface area contributed by atoms with Gasteiger partial charge in [0.25, 0.3) is 5.91 Å². The number of imide groups is 1. The van der Waals surface area contributed by atoms with Crippen LogP contribution in [-0.2, 0) is 14.3 Å². The molecule has 0 bridgehead atoms. The molecule has 8 nitrogen and oxygen atoms in total. The SMILES string of the molecule is O=C(c1cccc(N2C(=O)CCC2=O)c1)N(CCN1CCOCC1)c1nc2ccc(Cl)cc2s1. The van der Waals surface area contributed by atoms with Crippen LogP contribution in [0.15, 0.2) is 42.5 Å². The number of aromatic nitrogens is 1.